The molecule has 0 aliphatic carbocycles. The topological polar surface area (TPSA) is 32.3 Å². The number of thiophene rings is 1. The van der Waals surface area contributed by atoms with Crippen molar-refractivity contribution in [2.24, 2.45) is 0 Å². The smallest absolute Gasteiger partial charge is 0.231 e. The third kappa shape index (κ3) is 3.57. The van der Waals surface area contributed by atoms with Crippen molar-refractivity contribution in [2.45, 2.75) is 18.9 Å². The normalized spacial score (nSPS) is 19.6. The molecule has 6 heteroatoms. The van der Waals surface area contributed by atoms with Crippen molar-refractivity contribution in [3.63, 3.8) is 0 Å². The van der Waals surface area contributed by atoms with Gasteiger partial charge in [0.05, 0.1) is 16.3 Å². The van der Waals surface area contributed by atoms with E-state index in [9.17, 15) is 9.18 Å². The number of halogens is 2. The van der Waals surface area contributed by atoms with Crippen LogP contribution in [-0.4, -0.2) is 30.4 Å². The maximum Gasteiger partial charge on any atom is 0.231 e. The van der Waals surface area contributed by atoms with Gasteiger partial charge in [-0.15, -0.1) is 11.3 Å². The second kappa shape index (κ2) is 6.99. The Morgan fingerprint density at radius 1 is 1.43 bits per heavy atom. The number of hydrogen-bond acceptors (Lipinski definition) is 3. The Kier molecular flexibility index (Phi) is 4.99. The number of hydrogen-bond donors (Lipinski definition) is 1. The van der Waals surface area contributed by atoms with Crippen molar-refractivity contribution >= 4 is 28.8 Å². The molecular formula is C17H18ClFN2OS. The van der Waals surface area contributed by atoms with Gasteiger partial charge in [0.25, 0.3) is 0 Å². The van der Waals surface area contributed by atoms with E-state index in [2.05, 4.69) is 5.32 Å². The van der Waals surface area contributed by atoms with Crippen molar-refractivity contribution < 1.29 is 9.18 Å². The average molecular weight is 353 g/mol. The first-order chi connectivity index (χ1) is 11.1. The van der Waals surface area contributed by atoms with Crippen LogP contribution in [0.3, 0.4) is 0 Å². The third-order valence-electron chi connectivity index (χ3n) is 4.15. The maximum absolute atomic E-state index is 13.5. The first-order valence-corrected chi connectivity index (χ1v) is 8.77. The Labute approximate surface area is 144 Å². The van der Waals surface area contributed by atoms with Crippen molar-refractivity contribution in [2.75, 3.05) is 19.6 Å². The van der Waals surface area contributed by atoms with E-state index in [1.54, 1.807) is 6.07 Å². The van der Waals surface area contributed by atoms with E-state index in [0.717, 1.165) is 17.0 Å². The van der Waals surface area contributed by atoms with Crippen LogP contribution in [0.4, 0.5) is 4.39 Å². The van der Waals surface area contributed by atoms with Crippen molar-refractivity contribution in [1.29, 1.82) is 0 Å². The molecule has 0 spiro atoms. The van der Waals surface area contributed by atoms with Gasteiger partial charge in [0, 0.05) is 24.5 Å². The van der Waals surface area contributed by atoms with Gasteiger partial charge in [0.2, 0.25) is 5.91 Å². The zero-order valence-electron chi connectivity index (χ0n) is 12.8. The summed E-state index contributed by atoms with van der Waals surface area (Å²) in [6.45, 7) is 3.89. The molecule has 23 heavy (non-hydrogen) atoms. The minimum Gasteiger partial charge on any atom is -0.333 e. The van der Waals surface area contributed by atoms with Crippen LogP contribution < -0.4 is 5.32 Å². The van der Waals surface area contributed by atoms with E-state index in [-0.39, 0.29) is 23.7 Å². The predicted molar refractivity (Wildman–Crippen MR) is 91.5 cm³/mol. The number of rotatable bonds is 3. The van der Waals surface area contributed by atoms with Gasteiger partial charge in [-0.2, -0.15) is 0 Å². The summed E-state index contributed by atoms with van der Waals surface area (Å²) < 4.78 is 14.2. The highest BCUT2D eigenvalue weighted by Crippen LogP contribution is 2.32. The van der Waals surface area contributed by atoms with Crippen LogP contribution in [0.2, 0.25) is 4.34 Å². The molecule has 0 saturated carbocycles. The summed E-state index contributed by atoms with van der Waals surface area (Å²) in [6.07, 6.45) is 0. The van der Waals surface area contributed by atoms with E-state index >= 15 is 0 Å². The molecule has 2 atom stereocenters. The molecule has 2 heterocycles. The molecule has 1 saturated heterocycles. The van der Waals surface area contributed by atoms with Crippen LogP contribution >= 0.6 is 22.9 Å². The molecule has 2 aromatic rings. The van der Waals surface area contributed by atoms with Gasteiger partial charge in [0.1, 0.15) is 5.82 Å². The van der Waals surface area contributed by atoms with Crippen LogP contribution in [0, 0.1) is 5.82 Å². The molecule has 1 aromatic heterocycles. The van der Waals surface area contributed by atoms with Crippen molar-refractivity contribution in [1.82, 2.24) is 10.2 Å². The standard InChI is InChI=1S/C17H18ClFN2OS/c1-11(15-5-6-16(18)23-15)17(22)21-8-7-20-10-14(21)12-3-2-4-13(19)9-12/h2-6,9,11,14,20H,7-8,10H2,1H3. The Hall–Kier alpha value is -1.43. The molecule has 1 aromatic carbocycles. The Morgan fingerprint density at radius 3 is 2.96 bits per heavy atom. The quantitative estimate of drug-likeness (QED) is 0.910. The zero-order chi connectivity index (χ0) is 16.4. The summed E-state index contributed by atoms with van der Waals surface area (Å²) in [7, 11) is 0. The van der Waals surface area contributed by atoms with Gasteiger partial charge < -0.3 is 10.2 Å². The van der Waals surface area contributed by atoms with Crippen LogP contribution in [0.25, 0.3) is 0 Å². The average Bonchev–Trinajstić information content (AvgIpc) is 3.00. The van der Waals surface area contributed by atoms with Gasteiger partial charge in [-0.1, -0.05) is 23.7 Å². The summed E-state index contributed by atoms with van der Waals surface area (Å²) in [4.78, 5) is 15.8. The number of nitrogens with one attached hydrogen (secondary N) is 1. The van der Waals surface area contributed by atoms with E-state index in [1.165, 1.54) is 23.5 Å². The first kappa shape index (κ1) is 16.4. The third-order valence-corrected chi connectivity index (χ3v) is 5.56. The van der Waals surface area contributed by atoms with Gasteiger partial charge in [-0.3, -0.25) is 4.79 Å². The van der Waals surface area contributed by atoms with Gasteiger partial charge in [-0.25, -0.2) is 4.39 Å². The summed E-state index contributed by atoms with van der Waals surface area (Å²) >= 11 is 7.41. The number of piperazine rings is 1. The fraction of sp³-hybridized carbons (Fsp3) is 0.353. The largest absolute Gasteiger partial charge is 0.333 e. The van der Waals surface area contributed by atoms with Crippen LogP contribution in [0.1, 0.15) is 29.3 Å². The Morgan fingerprint density at radius 2 is 2.26 bits per heavy atom. The lowest BCUT2D eigenvalue weighted by Gasteiger charge is -2.38. The lowest BCUT2D eigenvalue weighted by atomic mass is 10.00. The summed E-state index contributed by atoms with van der Waals surface area (Å²) in [5, 5.41) is 3.29. The number of carbonyl (C=O) groups is 1. The van der Waals surface area contributed by atoms with E-state index in [4.69, 9.17) is 11.6 Å². The van der Waals surface area contributed by atoms with Gasteiger partial charge in [-0.05, 0) is 36.8 Å². The zero-order valence-corrected chi connectivity index (χ0v) is 14.3. The Bertz CT molecular complexity index is 705. The predicted octanol–water partition coefficient (Wildman–Crippen LogP) is 3.82. The lowest BCUT2D eigenvalue weighted by molar-refractivity contribution is -0.135. The second-order valence-electron chi connectivity index (χ2n) is 5.67. The van der Waals surface area contributed by atoms with Crippen LogP contribution in [-0.2, 0) is 4.79 Å². The number of carbonyl (C=O) groups excluding carboxylic acids is 1. The fourth-order valence-corrected chi connectivity index (χ4v) is 4.02. The van der Waals surface area contributed by atoms with Crippen LogP contribution in [0.5, 0.6) is 0 Å². The molecule has 1 amide bonds. The minimum absolute atomic E-state index is 0.0549. The highest BCUT2D eigenvalue weighted by Gasteiger charge is 2.31. The molecule has 2 unspecified atom stereocenters. The number of nitrogens with zero attached hydrogens (tertiary/aromatic N) is 1. The minimum atomic E-state index is -0.279. The fourth-order valence-electron chi connectivity index (χ4n) is 2.91. The highest BCUT2D eigenvalue weighted by atomic mass is 35.5. The lowest BCUT2D eigenvalue weighted by Crippen LogP contribution is -2.49. The molecular weight excluding hydrogens is 335 g/mol. The summed E-state index contributed by atoms with van der Waals surface area (Å²) in [5.41, 5.74) is 0.821. The molecule has 3 nitrogen and oxygen atoms in total. The van der Waals surface area contributed by atoms with Gasteiger partial charge in [0.15, 0.2) is 0 Å². The SMILES string of the molecule is CC(C(=O)N1CCNCC1c1cccc(F)c1)c1ccc(Cl)s1. The molecule has 0 radical (unpaired) electrons. The maximum atomic E-state index is 13.5. The Balaban J connectivity index is 1.84. The molecule has 3 rings (SSSR count). The molecule has 1 N–H and O–H groups in total. The van der Waals surface area contributed by atoms with Crippen molar-refractivity contribution in [3.8, 4) is 0 Å². The number of amides is 1. The van der Waals surface area contributed by atoms with E-state index in [1.807, 2.05) is 30.0 Å². The van der Waals surface area contributed by atoms with Crippen molar-refractivity contribution in [3.05, 3.63) is 57.0 Å². The summed E-state index contributed by atoms with van der Waals surface area (Å²) in [5.74, 6) is -0.473. The van der Waals surface area contributed by atoms with E-state index in [0.29, 0.717) is 17.4 Å². The van der Waals surface area contributed by atoms with E-state index < -0.39 is 0 Å². The second-order valence-corrected chi connectivity index (χ2v) is 7.42. The molecule has 1 aliphatic rings. The molecule has 122 valence electrons. The van der Waals surface area contributed by atoms with Gasteiger partial charge >= 0.3 is 0 Å². The molecule has 0 bridgehead atoms. The van der Waals surface area contributed by atoms with Crippen LogP contribution in [0.15, 0.2) is 36.4 Å². The molecule has 1 fully saturated rings. The highest BCUT2D eigenvalue weighted by molar-refractivity contribution is 7.16. The number of benzene rings is 1. The summed E-state index contributed by atoms with van der Waals surface area (Å²) in [6, 6.07) is 10.0. The first-order valence-electron chi connectivity index (χ1n) is 7.58. The monoisotopic (exact) mass is 352 g/mol. The molecule has 1 aliphatic heterocycles.